The first-order chi connectivity index (χ1) is 13.4. The van der Waals surface area contributed by atoms with E-state index in [0.717, 1.165) is 33.9 Å². The van der Waals surface area contributed by atoms with E-state index >= 15 is 0 Å². The third kappa shape index (κ3) is 4.94. The van der Waals surface area contributed by atoms with Gasteiger partial charge >= 0.3 is 0 Å². The van der Waals surface area contributed by atoms with E-state index in [-0.39, 0.29) is 0 Å². The largest absolute Gasteiger partial charge is 0.237 e. The maximum absolute atomic E-state index is 12.2. The molecule has 0 fully saturated rings. The number of hydrogen-bond donors (Lipinski definition) is 1. The molecule has 0 aliphatic carbocycles. The van der Waals surface area contributed by atoms with E-state index in [9.17, 15) is 8.42 Å². The molecule has 6 nitrogen and oxygen atoms in total. The van der Waals surface area contributed by atoms with Crippen molar-refractivity contribution in [3.05, 3.63) is 82.1 Å². The van der Waals surface area contributed by atoms with E-state index in [1.807, 2.05) is 63.2 Å². The van der Waals surface area contributed by atoms with Gasteiger partial charge in [-0.2, -0.15) is 5.10 Å². The summed E-state index contributed by atoms with van der Waals surface area (Å²) in [6.45, 7) is 6.19. The molecular weight excluding hydrogens is 372 g/mol. The third-order valence-electron chi connectivity index (χ3n) is 4.50. The lowest BCUT2D eigenvalue weighted by atomic mass is 10.1. The second-order valence-electron chi connectivity index (χ2n) is 6.65. The van der Waals surface area contributed by atoms with Gasteiger partial charge in [-0.3, -0.25) is 0 Å². The average Bonchev–Trinajstić information content (AvgIpc) is 2.96. The molecule has 0 saturated heterocycles. The summed E-state index contributed by atoms with van der Waals surface area (Å²) in [7, 11) is -3.50. The number of nitrogens with zero attached hydrogens (tertiary/aromatic N) is 3. The normalized spacial score (nSPS) is 12.0. The van der Waals surface area contributed by atoms with Crippen molar-refractivity contribution in [1.82, 2.24) is 19.5 Å². The van der Waals surface area contributed by atoms with Crippen LogP contribution in [0.5, 0.6) is 0 Å². The summed E-state index contributed by atoms with van der Waals surface area (Å²) < 4.78 is 28.9. The second-order valence-corrected chi connectivity index (χ2v) is 8.30. The Morgan fingerprint density at radius 1 is 1.07 bits per heavy atom. The van der Waals surface area contributed by atoms with Crippen LogP contribution in [0.1, 0.15) is 28.1 Å². The molecule has 2 heterocycles. The fourth-order valence-corrected chi connectivity index (χ4v) is 3.77. The van der Waals surface area contributed by atoms with Crippen molar-refractivity contribution in [1.29, 1.82) is 0 Å². The first-order valence-corrected chi connectivity index (χ1v) is 10.6. The van der Waals surface area contributed by atoms with Gasteiger partial charge in [-0.15, -0.1) is 0 Å². The number of aromatic nitrogens is 3. The summed E-state index contributed by atoms with van der Waals surface area (Å²) in [5.41, 5.74) is 4.84. The third-order valence-corrected chi connectivity index (χ3v) is 5.60. The summed E-state index contributed by atoms with van der Waals surface area (Å²) in [5, 5.41) is 5.74. The van der Waals surface area contributed by atoms with Gasteiger partial charge in [0.05, 0.1) is 5.69 Å². The number of nitrogens with one attached hydrogen (secondary N) is 1. The predicted molar refractivity (Wildman–Crippen MR) is 112 cm³/mol. The van der Waals surface area contributed by atoms with Gasteiger partial charge in [0.1, 0.15) is 0 Å². The number of pyridine rings is 1. The molecule has 28 heavy (non-hydrogen) atoms. The molecule has 0 spiro atoms. The highest BCUT2D eigenvalue weighted by atomic mass is 32.2. The Bertz CT molecular complexity index is 1070. The van der Waals surface area contributed by atoms with Crippen molar-refractivity contribution < 1.29 is 8.42 Å². The Morgan fingerprint density at radius 3 is 2.50 bits per heavy atom. The van der Waals surface area contributed by atoms with E-state index in [1.54, 1.807) is 17.0 Å². The van der Waals surface area contributed by atoms with Crippen LogP contribution in [0.3, 0.4) is 0 Å². The van der Waals surface area contributed by atoms with Crippen LogP contribution in [0, 0.1) is 20.8 Å². The van der Waals surface area contributed by atoms with Crippen molar-refractivity contribution in [2.75, 3.05) is 6.54 Å². The summed E-state index contributed by atoms with van der Waals surface area (Å²) in [6, 6.07) is 13.3. The molecular formula is C21H24N4O2S. The van der Waals surface area contributed by atoms with Gasteiger partial charge in [0.15, 0.2) is 5.82 Å². The van der Waals surface area contributed by atoms with E-state index < -0.39 is 10.0 Å². The molecule has 0 radical (unpaired) electrons. The molecule has 3 aromatic rings. The standard InChI is InChI=1S/C21H24N4O2S/c1-16-7-9-19(10-8-16)12-15-28(26,27)23-14-11-20-17(2)24-25(18(20)3)21-6-4-5-13-22-21/h4-10,12-13,15,23H,11,14H2,1-3H3/b15-12+. The van der Waals surface area contributed by atoms with E-state index in [4.69, 9.17) is 0 Å². The maximum Gasteiger partial charge on any atom is 0.233 e. The van der Waals surface area contributed by atoms with Crippen LogP contribution in [0.2, 0.25) is 0 Å². The van der Waals surface area contributed by atoms with Crippen LogP contribution in [-0.4, -0.2) is 29.7 Å². The zero-order chi connectivity index (χ0) is 20.1. The molecule has 0 amide bonds. The summed E-state index contributed by atoms with van der Waals surface area (Å²) >= 11 is 0. The van der Waals surface area contributed by atoms with Crippen molar-refractivity contribution in [3.8, 4) is 5.82 Å². The highest BCUT2D eigenvalue weighted by Crippen LogP contribution is 2.17. The second kappa shape index (κ2) is 8.50. The topological polar surface area (TPSA) is 76.9 Å². The zero-order valence-corrected chi connectivity index (χ0v) is 17.1. The Labute approximate surface area is 166 Å². The lowest BCUT2D eigenvalue weighted by molar-refractivity contribution is 0.591. The van der Waals surface area contributed by atoms with Crippen LogP contribution in [0.15, 0.2) is 54.1 Å². The SMILES string of the molecule is Cc1ccc(/C=C/S(=O)(=O)NCCc2c(C)nn(-c3ccccn3)c2C)cc1. The Morgan fingerprint density at radius 2 is 1.82 bits per heavy atom. The predicted octanol–water partition coefficient (Wildman–Crippen LogP) is 3.33. The Hall–Kier alpha value is -2.77. The molecule has 0 bridgehead atoms. The van der Waals surface area contributed by atoms with E-state index in [0.29, 0.717) is 13.0 Å². The number of benzene rings is 1. The number of aryl methyl sites for hydroxylation is 2. The van der Waals surface area contributed by atoms with Gasteiger partial charge in [0, 0.05) is 23.8 Å². The molecule has 0 unspecified atom stereocenters. The highest BCUT2D eigenvalue weighted by molar-refractivity contribution is 7.92. The molecule has 146 valence electrons. The Balaban J connectivity index is 1.64. The average molecular weight is 397 g/mol. The quantitative estimate of drug-likeness (QED) is 0.665. The van der Waals surface area contributed by atoms with Gasteiger partial charge in [-0.1, -0.05) is 35.9 Å². The summed E-state index contributed by atoms with van der Waals surface area (Å²) in [6.07, 6.45) is 3.87. The molecule has 3 rings (SSSR count). The molecule has 0 saturated carbocycles. The van der Waals surface area contributed by atoms with Crippen LogP contribution < -0.4 is 4.72 Å². The minimum Gasteiger partial charge on any atom is -0.237 e. The molecule has 0 aliphatic heterocycles. The summed E-state index contributed by atoms with van der Waals surface area (Å²) in [5.74, 6) is 0.746. The van der Waals surface area contributed by atoms with E-state index in [2.05, 4.69) is 14.8 Å². The lowest BCUT2D eigenvalue weighted by Crippen LogP contribution is -2.24. The minimum absolute atomic E-state index is 0.302. The highest BCUT2D eigenvalue weighted by Gasteiger charge is 2.14. The molecule has 2 aromatic heterocycles. The van der Waals surface area contributed by atoms with Crippen LogP contribution >= 0.6 is 0 Å². The number of rotatable bonds is 7. The molecule has 0 atom stereocenters. The first kappa shape index (κ1) is 20.0. The van der Waals surface area contributed by atoms with Crippen LogP contribution in [0.25, 0.3) is 11.9 Å². The molecule has 1 aromatic carbocycles. The van der Waals surface area contributed by atoms with E-state index in [1.165, 1.54) is 5.41 Å². The minimum atomic E-state index is -3.50. The molecule has 0 aliphatic rings. The van der Waals surface area contributed by atoms with Crippen molar-refractivity contribution in [2.24, 2.45) is 0 Å². The molecule has 1 N–H and O–H groups in total. The van der Waals surface area contributed by atoms with Crippen LogP contribution in [-0.2, 0) is 16.4 Å². The maximum atomic E-state index is 12.2. The smallest absolute Gasteiger partial charge is 0.233 e. The van der Waals surface area contributed by atoms with Gasteiger partial charge in [-0.05, 0) is 56.5 Å². The van der Waals surface area contributed by atoms with Gasteiger partial charge in [-0.25, -0.2) is 22.8 Å². The Kier molecular flexibility index (Phi) is 6.06. The zero-order valence-electron chi connectivity index (χ0n) is 16.3. The number of sulfonamides is 1. The first-order valence-electron chi connectivity index (χ1n) is 9.06. The molecule has 7 heteroatoms. The van der Waals surface area contributed by atoms with Crippen molar-refractivity contribution in [3.63, 3.8) is 0 Å². The lowest BCUT2D eigenvalue weighted by Gasteiger charge is -2.05. The van der Waals surface area contributed by atoms with Crippen molar-refractivity contribution >= 4 is 16.1 Å². The fourth-order valence-electron chi connectivity index (χ4n) is 2.95. The monoisotopic (exact) mass is 396 g/mol. The summed E-state index contributed by atoms with van der Waals surface area (Å²) in [4.78, 5) is 4.32. The van der Waals surface area contributed by atoms with Gasteiger partial charge in [0.2, 0.25) is 10.0 Å². The van der Waals surface area contributed by atoms with Crippen molar-refractivity contribution in [2.45, 2.75) is 27.2 Å². The number of hydrogen-bond acceptors (Lipinski definition) is 4. The van der Waals surface area contributed by atoms with Gasteiger partial charge in [0.25, 0.3) is 0 Å². The van der Waals surface area contributed by atoms with Crippen LogP contribution in [0.4, 0.5) is 0 Å². The van der Waals surface area contributed by atoms with Gasteiger partial charge < -0.3 is 0 Å². The fraction of sp³-hybridized carbons (Fsp3) is 0.238.